The molecule has 8 heteroatoms. The number of benzene rings is 3. The number of carbonyl (C=O) groups excluding carboxylic acids is 1. The zero-order valence-corrected chi connectivity index (χ0v) is 19.6. The van der Waals surface area contributed by atoms with Crippen LogP contribution in [0.2, 0.25) is 0 Å². The highest BCUT2D eigenvalue weighted by molar-refractivity contribution is 7.89. The second kappa shape index (κ2) is 10.6. The summed E-state index contributed by atoms with van der Waals surface area (Å²) in [6.45, 7) is 4.07. The summed E-state index contributed by atoms with van der Waals surface area (Å²) >= 11 is 0. The first-order valence-electron chi connectivity index (χ1n) is 10.6. The maximum Gasteiger partial charge on any atom is 0.251 e. The van der Waals surface area contributed by atoms with Crippen molar-refractivity contribution in [2.75, 3.05) is 13.7 Å². The summed E-state index contributed by atoms with van der Waals surface area (Å²) in [6.07, 6.45) is 0. The minimum Gasteiger partial charge on any atom is -0.494 e. The molecule has 1 atom stereocenters. The van der Waals surface area contributed by atoms with Crippen LogP contribution in [0.5, 0.6) is 5.75 Å². The second-order valence-corrected chi connectivity index (χ2v) is 9.62. The number of hydrogen-bond acceptors (Lipinski definition) is 4. The molecule has 0 fully saturated rings. The molecule has 0 spiro atoms. The van der Waals surface area contributed by atoms with Gasteiger partial charge in [0.1, 0.15) is 11.6 Å². The highest BCUT2D eigenvalue weighted by Gasteiger charge is 2.23. The Balaban J connectivity index is 1.82. The van der Waals surface area contributed by atoms with Crippen LogP contribution in [-0.4, -0.2) is 32.3 Å². The quantitative estimate of drug-likeness (QED) is 0.498. The van der Waals surface area contributed by atoms with Gasteiger partial charge in [0.15, 0.2) is 0 Å². The number of nitrogens with one attached hydrogen (secondary N) is 1. The van der Waals surface area contributed by atoms with Crippen molar-refractivity contribution in [3.63, 3.8) is 0 Å². The van der Waals surface area contributed by atoms with E-state index in [0.717, 1.165) is 5.56 Å². The Kier molecular flexibility index (Phi) is 7.84. The van der Waals surface area contributed by atoms with Crippen LogP contribution in [0.3, 0.4) is 0 Å². The first-order chi connectivity index (χ1) is 15.7. The Hall–Kier alpha value is -3.23. The number of halogens is 1. The molecule has 6 nitrogen and oxygen atoms in total. The molecule has 0 saturated carbocycles. The normalized spacial score (nSPS) is 12.4. The van der Waals surface area contributed by atoms with Gasteiger partial charge in [-0.25, -0.2) is 12.8 Å². The Bertz CT molecular complexity index is 1200. The van der Waals surface area contributed by atoms with Crippen LogP contribution < -0.4 is 10.1 Å². The third-order valence-electron chi connectivity index (χ3n) is 5.18. The molecule has 0 aliphatic rings. The van der Waals surface area contributed by atoms with Gasteiger partial charge < -0.3 is 10.1 Å². The molecule has 3 aromatic rings. The summed E-state index contributed by atoms with van der Waals surface area (Å²) in [5, 5.41) is 2.89. The number of sulfonamides is 1. The minimum atomic E-state index is -3.71. The van der Waals surface area contributed by atoms with Gasteiger partial charge in [-0.05, 0) is 61.9 Å². The van der Waals surface area contributed by atoms with Gasteiger partial charge in [0.2, 0.25) is 10.0 Å². The first kappa shape index (κ1) is 24.4. The molecular weight excluding hydrogens is 443 g/mol. The third-order valence-corrected chi connectivity index (χ3v) is 7.00. The minimum absolute atomic E-state index is 0.0290. The van der Waals surface area contributed by atoms with Crippen LogP contribution in [0.4, 0.5) is 4.39 Å². The van der Waals surface area contributed by atoms with E-state index in [-0.39, 0.29) is 29.2 Å². The SMILES string of the molecule is CCOc1ccc(C(=O)N[C@H](C)c2ccc(F)cc2)cc1CN(C)S(=O)(=O)c1ccccc1. The summed E-state index contributed by atoms with van der Waals surface area (Å²) in [7, 11) is -2.23. The number of ether oxygens (including phenoxy) is 1. The van der Waals surface area contributed by atoms with E-state index in [2.05, 4.69) is 5.32 Å². The Morgan fingerprint density at radius 2 is 1.73 bits per heavy atom. The van der Waals surface area contributed by atoms with E-state index in [4.69, 9.17) is 4.74 Å². The molecule has 0 saturated heterocycles. The number of carbonyl (C=O) groups is 1. The van der Waals surface area contributed by atoms with Crippen molar-refractivity contribution in [3.05, 3.63) is 95.3 Å². The molecule has 0 aliphatic heterocycles. The second-order valence-electron chi connectivity index (χ2n) is 7.58. The van der Waals surface area contributed by atoms with Crippen molar-refractivity contribution in [1.29, 1.82) is 0 Å². The lowest BCUT2D eigenvalue weighted by Gasteiger charge is -2.20. The van der Waals surface area contributed by atoms with Crippen molar-refractivity contribution < 1.29 is 22.3 Å². The average Bonchev–Trinajstić information content (AvgIpc) is 2.81. The van der Waals surface area contributed by atoms with Crippen LogP contribution >= 0.6 is 0 Å². The van der Waals surface area contributed by atoms with Gasteiger partial charge in [0.25, 0.3) is 5.91 Å². The van der Waals surface area contributed by atoms with Gasteiger partial charge >= 0.3 is 0 Å². The predicted molar refractivity (Wildman–Crippen MR) is 125 cm³/mol. The van der Waals surface area contributed by atoms with Gasteiger partial charge in [-0.1, -0.05) is 30.3 Å². The van der Waals surface area contributed by atoms with Crippen LogP contribution in [-0.2, 0) is 16.6 Å². The molecular formula is C25H27FN2O4S. The molecule has 0 radical (unpaired) electrons. The summed E-state index contributed by atoms with van der Waals surface area (Å²) in [5.74, 6) is -0.163. The van der Waals surface area contributed by atoms with Crippen molar-refractivity contribution in [2.24, 2.45) is 0 Å². The van der Waals surface area contributed by atoms with Crippen molar-refractivity contribution in [2.45, 2.75) is 31.3 Å². The molecule has 0 unspecified atom stereocenters. The van der Waals surface area contributed by atoms with Crippen LogP contribution in [0.25, 0.3) is 0 Å². The van der Waals surface area contributed by atoms with E-state index in [9.17, 15) is 17.6 Å². The average molecular weight is 471 g/mol. The van der Waals surface area contributed by atoms with Gasteiger partial charge in [-0.2, -0.15) is 4.31 Å². The van der Waals surface area contributed by atoms with Crippen LogP contribution in [0, 0.1) is 5.82 Å². The summed E-state index contributed by atoms with van der Waals surface area (Å²) < 4.78 is 45.9. The van der Waals surface area contributed by atoms with E-state index in [0.29, 0.717) is 23.5 Å². The molecule has 33 heavy (non-hydrogen) atoms. The number of amides is 1. The number of hydrogen-bond donors (Lipinski definition) is 1. The molecule has 1 amide bonds. The maximum atomic E-state index is 13.2. The zero-order chi connectivity index (χ0) is 24.0. The highest BCUT2D eigenvalue weighted by Crippen LogP contribution is 2.25. The van der Waals surface area contributed by atoms with E-state index in [1.807, 2.05) is 6.92 Å². The van der Waals surface area contributed by atoms with E-state index in [1.54, 1.807) is 55.5 Å². The van der Waals surface area contributed by atoms with E-state index >= 15 is 0 Å². The first-order valence-corrected chi connectivity index (χ1v) is 12.0. The lowest BCUT2D eigenvalue weighted by atomic mass is 10.1. The summed E-state index contributed by atoms with van der Waals surface area (Å²) in [5.41, 5.74) is 1.71. The molecule has 1 N–H and O–H groups in total. The Morgan fingerprint density at radius 3 is 2.36 bits per heavy atom. The van der Waals surface area contributed by atoms with Gasteiger partial charge in [0.05, 0.1) is 17.5 Å². The predicted octanol–water partition coefficient (Wildman–Crippen LogP) is 4.54. The lowest BCUT2D eigenvalue weighted by Crippen LogP contribution is -2.28. The van der Waals surface area contributed by atoms with Crippen LogP contribution in [0.15, 0.2) is 77.7 Å². The highest BCUT2D eigenvalue weighted by atomic mass is 32.2. The summed E-state index contributed by atoms with van der Waals surface area (Å²) in [4.78, 5) is 13.1. The standard InChI is InChI=1S/C25H27FN2O4S/c1-4-32-24-15-12-20(25(29)27-18(2)19-10-13-22(26)14-11-19)16-21(24)17-28(3)33(30,31)23-8-6-5-7-9-23/h5-16,18H,4,17H2,1-3H3,(H,27,29)/t18-/m1/s1. The molecule has 0 aromatic heterocycles. The smallest absolute Gasteiger partial charge is 0.251 e. The number of rotatable bonds is 9. The lowest BCUT2D eigenvalue weighted by molar-refractivity contribution is 0.0939. The van der Waals surface area contributed by atoms with Crippen molar-refractivity contribution >= 4 is 15.9 Å². The molecule has 0 aliphatic carbocycles. The zero-order valence-electron chi connectivity index (χ0n) is 18.8. The molecule has 0 bridgehead atoms. The van der Waals surface area contributed by atoms with Gasteiger partial charge in [0, 0.05) is 24.7 Å². The largest absolute Gasteiger partial charge is 0.494 e. The Morgan fingerprint density at radius 1 is 1.06 bits per heavy atom. The van der Waals surface area contributed by atoms with E-state index < -0.39 is 10.0 Å². The fourth-order valence-corrected chi connectivity index (χ4v) is 4.52. The number of nitrogens with zero attached hydrogens (tertiary/aromatic N) is 1. The summed E-state index contributed by atoms with van der Waals surface area (Å²) in [6, 6.07) is 18.7. The Labute approximate surface area is 194 Å². The van der Waals surface area contributed by atoms with Gasteiger partial charge in [-0.3, -0.25) is 4.79 Å². The molecule has 174 valence electrons. The fourth-order valence-electron chi connectivity index (χ4n) is 3.35. The van der Waals surface area contributed by atoms with Crippen LogP contribution in [0.1, 0.15) is 41.4 Å². The fraction of sp³-hybridized carbons (Fsp3) is 0.240. The molecule has 0 heterocycles. The monoisotopic (exact) mass is 470 g/mol. The molecule has 3 aromatic carbocycles. The van der Waals surface area contributed by atoms with Gasteiger partial charge in [-0.15, -0.1) is 0 Å². The third kappa shape index (κ3) is 5.97. The van der Waals surface area contributed by atoms with Crippen molar-refractivity contribution in [1.82, 2.24) is 9.62 Å². The maximum absolute atomic E-state index is 13.2. The van der Waals surface area contributed by atoms with E-state index in [1.165, 1.54) is 35.6 Å². The molecule has 3 rings (SSSR count). The topological polar surface area (TPSA) is 75.7 Å². The van der Waals surface area contributed by atoms with Crippen molar-refractivity contribution in [3.8, 4) is 5.75 Å².